The van der Waals surface area contributed by atoms with E-state index in [9.17, 15) is 0 Å². The minimum absolute atomic E-state index is 0.798. The average molecular weight is 211 g/mol. The van der Waals surface area contributed by atoms with E-state index in [2.05, 4.69) is 41.8 Å². The Kier molecular flexibility index (Phi) is 2.07. The van der Waals surface area contributed by atoms with Gasteiger partial charge in [-0.2, -0.15) is 0 Å². The van der Waals surface area contributed by atoms with E-state index in [4.69, 9.17) is 4.42 Å². The van der Waals surface area contributed by atoms with Crippen LogP contribution in [0.15, 0.2) is 53.1 Å². The van der Waals surface area contributed by atoms with E-state index in [0.29, 0.717) is 0 Å². The van der Waals surface area contributed by atoms with Gasteiger partial charge in [0, 0.05) is 11.2 Å². The van der Waals surface area contributed by atoms with Gasteiger partial charge in [0.05, 0.1) is 12.8 Å². The quantitative estimate of drug-likeness (QED) is 0.633. The minimum Gasteiger partial charge on any atom is -0.467 e. The second-order valence-corrected chi connectivity index (χ2v) is 4.01. The van der Waals surface area contributed by atoms with Gasteiger partial charge in [0.15, 0.2) is 0 Å². The lowest BCUT2D eigenvalue weighted by Crippen LogP contribution is -1.99. The third-order valence-corrected chi connectivity index (χ3v) is 2.91. The Labute approximate surface area is 94.1 Å². The number of para-hydroxylation sites is 1. The molecule has 0 saturated heterocycles. The van der Waals surface area contributed by atoms with Crippen LogP contribution in [0, 0.1) is 6.92 Å². The first-order valence-corrected chi connectivity index (χ1v) is 5.42. The van der Waals surface area contributed by atoms with Crippen molar-refractivity contribution < 1.29 is 4.42 Å². The maximum absolute atomic E-state index is 5.39. The van der Waals surface area contributed by atoms with Gasteiger partial charge in [0.1, 0.15) is 5.76 Å². The van der Waals surface area contributed by atoms with Crippen molar-refractivity contribution in [3.05, 3.63) is 60.2 Å². The third kappa shape index (κ3) is 1.43. The van der Waals surface area contributed by atoms with E-state index < -0.39 is 0 Å². The van der Waals surface area contributed by atoms with Crippen molar-refractivity contribution in [3.63, 3.8) is 0 Å². The van der Waals surface area contributed by atoms with Crippen LogP contribution in [0.25, 0.3) is 10.9 Å². The largest absolute Gasteiger partial charge is 0.467 e. The predicted molar refractivity (Wildman–Crippen MR) is 64.5 cm³/mol. The van der Waals surface area contributed by atoms with E-state index >= 15 is 0 Å². The van der Waals surface area contributed by atoms with Crippen molar-refractivity contribution in [1.29, 1.82) is 0 Å². The molecule has 3 rings (SSSR count). The summed E-state index contributed by atoms with van der Waals surface area (Å²) in [7, 11) is 0. The maximum Gasteiger partial charge on any atom is 0.123 e. The smallest absolute Gasteiger partial charge is 0.123 e. The lowest BCUT2D eigenvalue weighted by atomic mass is 10.2. The molecule has 0 N–H and O–H groups in total. The Morgan fingerprint density at radius 3 is 2.81 bits per heavy atom. The number of aromatic nitrogens is 1. The van der Waals surface area contributed by atoms with Gasteiger partial charge in [-0.25, -0.2) is 0 Å². The molecule has 1 aromatic carbocycles. The SMILES string of the molecule is Cc1cc2ccccc2n1Cc1ccco1. The topological polar surface area (TPSA) is 18.1 Å². The van der Waals surface area contributed by atoms with Crippen molar-refractivity contribution >= 4 is 10.9 Å². The fourth-order valence-corrected chi connectivity index (χ4v) is 2.12. The van der Waals surface area contributed by atoms with Crippen molar-refractivity contribution in [2.75, 3.05) is 0 Å². The fourth-order valence-electron chi connectivity index (χ4n) is 2.12. The van der Waals surface area contributed by atoms with Crippen molar-refractivity contribution in [1.82, 2.24) is 4.57 Å². The first-order chi connectivity index (χ1) is 7.84. The van der Waals surface area contributed by atoms with E-state index in [1.165, 1.54) is 16.6 Å². The summed E-state index contributed by atoms with van der Waals surface area (Å²) in [5.74, 6) is 0.990. The summed E-state index contributed by atoms with van der Waals surface area (Å²) in [6.45, 7) is 2.93. The summed E-state index contributed by atoms with van der Waals surface area (Å²) in [6.07, 6.45) is 1.72. The Bertz CT molecular complexity index is 605. The number of furan rings is 1. The standard InChI is InChI=1S/C14H13NO/c1-11-9-12-5-2-3-7-14(12)15(11)10-13-6-4-8-16-13/h2-9H,10H2,1H3. The highest BCUT2D eigenvalue weighted by Gasteiger charge is 2.06. The molecule has 0 aliphatic carbocycles. The van der Waals surface area contributed by atoms with Crippen LogP contribution < -0.4 is 0 Å². The zero-order valence-corrected chi connectivity index (χ0v) is 9.18. The molecule has 0 bridgehead atoms. The number of benzene rings is 1. The molecule has 2 nitrogen and oxygen atoms in total. The molecular formula is C14H13NO. The van der Waals surface area contributed by atoms with Crippen LogP contribution in [-0.2, 0) is 6.54 Å². The number of aryl methyl sites for hydroxylation is 1. The van der Waals surface area contributed by atoms with Crippen molar-refractivity contribution in [2.24, 2.45) is 0 Å². The second-order valence-electron chi connectivity index (χ2n) is 4.01. The lowest BCUT2D eigenvalue weighted by Gasteiger charge is -2.05. The summed E-state index contributed by atoms with van der Waals surface area (Å²) in [5, 5.41) is 1.28. The molecule has 3 aromatic rings. The summed E-state index contributed by atoms with van der Waals surface area (Å²) >= 11 is 0. The van der Waals surface area contributed by atoms with Gasteiger partial charge < -0.3 is 8.98 Å². The van der Waals surface area contributed by atoms with Crippen LogP contribution in [0.2, 0.25) is 0 Å². The van der Waals surface area contributed by atoms with Gasteiger partial charge >= 0.3 is 0 Å². The molecule has 0 amide bonds. The van der Waals surface area contributed by atoms with Gasteiger partial charge in [-0.05, 0) is 36.6 Å². The molecule has 0 spiro atoms. The molecule has 2 heteroatoms. The molecule has 0 saturated carbocycles. The predicted octanol–water partition coefficient (Wildman–Crippen LogP) is 3.59. The van der Waals surface area contributed by atoms with Gasteiger partial charge in [0.2, 0.25) is 0 Å². The van der Waals surface area contributed by atoms with Crippen LogP contribution in [-0.4, -0.2) is 4.57 Å². The number of hydrogen-bond acceptors (Lipinski definition) is 1. The summed E-state index contributed by atoms with van der Waals surface area (Å²) in [6, 6.07) is 14.6. The van der Waals surface area contributed by atoms with Crippen molar-refractivity contribution in [2.45, 2.75) is 13.5 Å². The van der Waals surface area contributed by atoms with Gasteiger partial charge in [0.25, 0.3) is 0 Å². The Morgan fingerprint density at radius 1 is 1.12 bits per heavy atom. The number of nitrogens with zero attached hydrogens (tertiary/aromatic N) is 1. The van der Waals surface area contributed by atoms with Crippen LogP contribution >= 0.6 is 0 Å². The molecule has 2 heterocycles. The van der Waals surface area contributed by atoms with Crippen LogP contribution in [0.1, 0.15) is 11.5 Å². The molecule has 80 valence electrons. The van der Waals surface area contributed by atoms with E-state index in [1.54, 1.807) is 6.26 Å². The molecule has 0 atom stereocenters. The number of hydrogen-bond donors (Lipinski definition) is 0. The van der Waals surface area contributed by atoms with Crippen LogP contribution in [0.5, 0.6) is 0 Å². The molecule has 16 heavy (non-hydrogen) atoms. The highest BCUT2D eigenvalue weighted by atomic mass is 16.3. The summed E-state index contributed by atoms with van der Waals surface area (Å²) < 4.78 is 7.66. The summed E-state index contributed by atoms with van der Waals surface area (Å²) in [4.78, 5) is 0. The third-order valence-electron chi connectivity index (χ3n) is 2.91. The minimum atomic E-state index is 0.798. The average Bonchev–Trinajstić information content (AvgIpc) is 2.89. The molecule has 2 aromatic heterocycles. The van der Waals surface area contributed by atoms with Crippen LogP contribution in [0.3, 0.4) is 0 Å². The Hall–Kier alpha value is -1.96. The first-order valence-electron chi connectivity index (χ1n) is 5.42. The van der Waals surface area contributed by atoms with Gasteiger partial charge in [-0.15, -0.1) is 0 Å². The highest BCUT2D eigenvalue weighted by Crippen LogP contribution is 2.20. The maximum atomic E-state index is 5.39. The molecule has 0 unspecified atom stereocenters. The van der Waals surface area contributed by atoms with Crippen LogP contribution in [0.4, 0.5) is 0 Å². The molecule has 0 fully saturated rings. The van der Waals surface area contributed by atoms with E-state index in [1.807, 2.05) is 12.1 Å². The number of fused-ring (bicyclic) bond motifs is 1. The first kappa shape index (κ1) is 9.28. The zero-order chi connectivity index (χ0) is 11.0. The van der Waals surface area contributed by atoms with E-state index in [-0.39, 0.29) is 0 Å². The fraction of sp³-hybridized carbons (Fsp3) is 0.143. The molecule has 0 radical (unpaired) electrons. The summed E-state index contributed by atoms with van der Waals surface area (Å²) in [5.41, 5.74) is 2.52. The van der Waals surface area contributed by atoms with Gasteiger partial charge in [-0.1, -0.05) is 18.2 Å². The van der Waals surface area contributed by atoms with Crippen molar-refractivity contribution in [3.8, 4) is 0 Å². The molecule has 0 aliphatic rings. The highest BCUT2D eigenvalue weighted by molar-refractivity contribution is 5.81. The zero-order valence-electron chi connectivity index (χ0n) is 9.18. The monoisotopic (exact) mass is 211 g/mol. The Morgan fingerprint density at radius 2 is 2.00 bits per heavy atom. The normalized spacial score (nSPS) is 11.1. The Balaban J connectivity index is 2.12. The molecular weight excluding hydrogens is 198 g/mol. The van der Waals surface area contributed by atoms with Gasteiger partial charge in [-0.3, -0.25) is 0 Å². The molecule has 0 aliphatic heterocycles. The lowest BCUT2D eigenvalue weighted by molar-refractivity contribution is 0.495. The van der Waals surface area contributed by atoms with E-state index in [0.717, 1.165) is 12.3 Å². The second kappa shape index (κ2) is 3.56. The number of rotatable bonds is 2.